The summed E-state index contributed by atoms with van der Waals surface area (Å²) in [5.41, 5.74) is 0. The molecule has 8 heteroatoms. The van der Waals surface area contributed by atoms with Crippen molar-refractivity contribution in [3.8, 4) is 0 Å². The van der Waals surface area contributed by atoms with Crippen LogP contribution in [0.15, 0.2) is 24.3 Å². The molecule has 0 aromatic heterocycles. The molecule has 4 aliphatic rings. The summed E-state index contributed by atoms with van der Waals surface area (Å²) >= 11 is 1.54. The minimum atomic E-state index is -0.832. The molecule has 164 valence electrons. The van der Waals surface area contributed by atoms with E-state index in [9.17, 15) is 19.5 Å². The first-order chi connectivity index (χ1) is 14.5. The second kappa shape index (κ2) is 8.38. The van der Waals surface area contributed by atoms with Crippen LogP contribution in [0.2, 0.25) is 0 Å². The van der Waals surface area contributed by atoms with E-state index in [0.29, 0.717) is 26.1 Å². The Hall–Kier alpha value is -1.80. The Morgan fingerprint density at radius 1 is 1.30 bits per heavy atom. The monoisotopic (exact) mass is 434 g/mol. The molecule has 0 aromatic rings. The number of hydrogen-bond donors (Lipinski definition) is 1. The highest BCUT2D eigenvalue weighted by molar-refractivity contribution is 8.02. The zero-order valence-corrected chi connectivity index (χ0v) is 18.3. The van der Waals surface area contributed by atoms with Crippen molar-refractivity contribution in [2.75, 3.05) is 26.3 Å². The lowest BCUT2D eigenvalue weighted by Crippen LogP contribution is -2.56. The first-order valence-corrected chi connectivity index (χ1v) is 11.7. The van der Waals surface area contributed by atoms with E-state index >= 15 is 0 Å². The van der Waals surface area contributed by atoms with E-state index in [-0.39, 0.29) is 29.6 Å². The van der Waals surface area contributed by atoms with Crippen LogP contribution in [-0.2, 0) is 19.1 Å². The third kappa shape index (κ3) is 3.19. The minimum absolute atomic E-state index is 0.0938. The molecule has 30 heavy (non-hydrogen) atoms. The van der Waals surface area contributed by atoms with Gasteiger partial charge >= 0.3 is 5.97 Å². The van der Waals surface area contributed by atoms with Gasteiger partial charge in [0.15, 0.2) is 0 Å². The Balaban J connectivity index is 1.81. The first kappa shape index (κ1) is 21.4. The van der Waals surface area contributed by atoms with Gasteiger partial charge in [0.05, 0.1) is 35.8 Å². The van der Waals surface area contributed by atoms with Crippen LogP contribution < -0.4 is 0 Å². The number of hydrogen-bond acceptors (Lipinski definition) is 6. The van der Waals surface area contributed by atoms with Crippen LogP contribution in [0.1, 0.15) is 33.1 Å². The molecular weight excluding hydrogens is 404 g/mol. The van der Waals surface area contributed by atoms with E-state index in [4.69, 9.17) is 4.74 Å². The van der Waals surface area contributed by atoms with E-state index in [0.717, 1.165) is 12.8 Å². The van der Waals surface area contributed by atoms with Crippen LogP contribution >= 0.6 is 11.8 Å². The van der Waals surface area contributed by atoms with Crippen molar-refractivity contribution >= 4 is 29.5 Å². The van der Waals surface area contributed by atoms with Crippen molar-refractivity contribution in [2.45, 2.75) is 55.2 Å². The highest BCUT2D eigenvalue weighted by Crippen LogP contribution is 2.61. The van der Waals surface area contributed by atoms with Crippen molar-refractivity contribution < 1.29 is 24.2 Å². The number of amides is 2. The van der Waals surface area contributed by atoms with Crippen LogP contribution in [0.3, 0.4) is 0 Å². The summed E-state index contributed by atoms with van der Waals surface area (Å²) in [4.78, 5) is 43.7. The number of unbranched alkanes of at least 4 members (excludes halogenated alkanes) is 1. The van der Waals surface area contributed by atoms with Crippen molar-refractivity contribution in [1.82, 2.24) is 9.80 Å². The summed E-state index contributed by atoms with van der Waals surface area (Å²) in [7, 11) is 0. The number of fused-ring (bicyclic) bond motifs is 2. The standard InChI is InChI=1S/C22H30N2O5S/c1-3-4-10-23-11-7-9-22-17(16-15(30-22)8-5-6-12-29-21(16)28)19(26)24(14(2)13-25)18(22)20(23)27/h5,7-9,14-18,25H,3-4,6,10-13H2,1-2H3/t14-,15+,16-,17+,18?,22+/m1/s1. The number of aliphatic hydroxyl groups is 1. The zero-order valence-electron chi connectivity index (χ0n) is 17.5. The Bertz CT molecular complexity index is 783. The molecule has 0 bridgehead atoms. The van der Waals surface area contributed by atoms with E-state index in [1.165, 1.54) is 11.8 Å². The quantitative estimate of drug-likeness (QED) is 0.519. The fraction of sp³-hybridized carbons (Fsp3) is 0.682. The maximum atomic E-state index is 13.7. The van der Waals surface area contributed by atoms with Crippen LogP contribution in [0.25, 0.3) is 0 Å². The Morgan fingerprint density at radius 2 is 2.10 bits per heavy atom. The van der Waals surface area contributed by atoms with Crippen LogP contribution in [0, 0.1) is 11.8 Å². The predicted octanol–water partition coefficient (Wildman–Crippen LogP) is 1.37. The van der Waals surface area contributed by atoms with Gasteiger partial charge in [-0.2, -0.15) is 0 Å². The number of aliphatic hydroxyl groups excluding tert-OH is 1. The molecule has 0 aromatic carbocycles. The number of likely N-dealkylation sites (tertiary alicyclic amines) is 1. The number of esters is 1. The zero-order chi connectivity index (χ0) is 21.5. The number of carbonyl (C=O) groups is 3. The second-order valence-electron chi connectivity index (χ2n) is 8.54. The van der Waals surface area contributed by atoms with Gasteiger partial charge in [-0.1, -0.05) is 37.6 Å². The molecule has 0 saturated carbocycles. The van der Waals surface area contributed by atoms with Crippen molar-refractivity contribution in [1.29, 1.82) is 0 Å². The van der Waals surface area contributed by atoms with Gasteiger partial charge in [-0.25, -0.2) is 0 Å². The van der Waals surface area contributed by atoms with Gasteiger partial charge in [0.25, 0.3) is 0 Å². The topological polar surface area (TPSA) is 87.2 Å². The lowest BCUT2D eigenvalue weighted by Gasteiger charge is -2.37. The van der Waals surface area contributed by atoms with Crippen LogP contribution in [-0.4, -0.2) is 81.1 Å². The van der Waals surface area contributed by atoms with E-state index < -0.39 is 28.7 Å². The Labute approximate surface area is 181 Å². The molecular formula is C22H30N2O5S. The van der Waals surface area contributed by atoms with Crippen molar-refractivity contribution in [3.63, 3.8) is 0 Å². The summed E-state index contributed by atoms with van der Waals surface area (Å²) in [5, 5.41) is 9.64. The third-order valence-corrected chi connectivity index (χ3v) is 8.41. The normalized spacial score (nSPS) is 36.6. The Morgan fingerprint density at radius 3 is 2.83 bits per heavy atom. The van der Waals surface area contributed by atoms with Gasteiger partial charge in [0.1, 0.15) is 6.04 Å². The summed E-state index contributed by atoms with van der Waals surface area (Å²) in [5.74, 6) is -1.99. The van der Waals surface area contributed by atoms with Gasteiger partial charge in [-0.15, -0.1) is 11.8 Å². The molecule has 0 radical (unpaired) electrons. The lowest BCUT2D eigenvalue weighted by atomic mass is 9.78. The molecule has 4 rings (SSSR count). The van der Waals surface area contributed by atoms with Crippen LogP contribution in [0.5, 0.6) is 0 Å². The third-order valence-electron chi connectivity index (χ3n) is 6.66. The molecule has 1 unspecified atom stereocenters. The molecule has 0 aliphatic carbocycles. The SMILES string of the molecule is CCCCN1CC=C[C@]23S[C@H]4C=CCCOC(=O)[C@H]4[C@H]2C(=O)N([C@H](C)CO)C3C1=O. The maximum absolute atomic E-state index is 13.7. The fourth-order valence-corrected chi connectivity index (χ4v) is 7.19. The van der Waals surface area contributed by atoms with Gasteiger partial charge in [-0.05, 0) is 19.8 Å². The summed E-state index contributed by atoms with van der Waals surface area (Å²) in [6.07, 6.45) is 10.5. The highest BCUT2D eigenvalue weighted by atomic mass is 32.2. The molecule has 4 aliphatic heterocycles. The number of carbonyl (C=O) groups excluding carboxylic acids is 3. The van der Waals surface area contributed by atoms with Gasteiger partial charge in [0, 0.05) is 18.3 Å². The molecule has 1 spiro atoms. The first-order valence-electron chi connectivity index (χ1n) is 10.9. The van der Waals surface area contributed by atoms with Gasteiger partial charge < -0.3 is 19.6 Å². The molecule has 7 nitrogen and oxygen atoms in total. The van der Waals surface area contributed by atoms with Gasteiger partial charge in [0.2, 0.25) is 11.8 Å². The van der Waals surface area contributed by atoms with E-state index in [1.54, 1.807) is 16.7 Å². The highest BCUT2D eigenvalue weighted by Gasteiger charge is 2.71. The van der Waals surface area contributed by atoms with Gasteiger partial charge in [-0.3, -0.25) is 14.4 Å². The largest absolute Gasteiger partial charge is 0.465 e. The smallest absolute Gasteiger partial charge is 0.311 e. The molecule has 4 heterocycles. The average molecular weight is 435 g/mol. The van der Waals surface area contributed by atoms with E-state index in [2.05, 4.69) is 6.92 Å². The minimum Gasteiger partial charge on any atom is -0.465 e. The second-order valence-corrected chi connectivity index (χ2v) is 10.0. The molecule has 6 atom stereocenters. The molecule has 2 amide bonds. The summed E-state index contributed by atoms with van der Waals surface area (Å²) in [6.45, 7) is 5.03. The molecule has 2 fully saturated rings. The number of rotatable bonds is 5. The number of cyclic esters (lactones) is 1. The van der Waals surface area contributed by atoms with E-state index in [1.807, 2.05) is 24.3 Å². The van der Waals surface area contributed by atoms with Crippen molar-refractivity contribution in [2.24, 2.45) is 11.8 Å². The molecule has 2 saturated heterocycles. The summed E-state index contributed by atoms with van der Waals surface area (Å²) in [6, 6.07) is -1.24. The Kier molecular flexibility index (Phi) is 5.99. The number of nitrogens with zero attached hydrogens (tertiary/aromatic N) is 2. The maximum Gasteiger partial charge on any atom is 0.311 e. The van der Waals surface area contributed by atoms with Crippen LogP contribution in [0.4, 0.5) is 0 Å². The average Bonchev–Trinajstić information content (AvgIpc) is 3.11. The number of thioether (sulfide) groups is 1. The summed E-state index contributed by atoms with van der Waals surface area (Å²) < 4.78 is 4.61. The van der Waals surface area contributed by atoms with Crippen molar-refractivity contribution in [3.05, 3.63) is 24.3 Å². The fourth-order valence-electron chi connectivity index (χ4n) is 5.21. The predicted molar refractivity (Wildman–Crippen MR) is 114 cm³/mol. The lowest BCUT2D eigenvalue weighted by molar-refractivity contribution is -0.153. The number of ether oxygens (including phenoxy) is 1. The molecule has 1 N–H and O–H groups in total.